The van der Waals surface area contributed by atoms with Crippen molar-refractivity contribution in [1.82, 2.24) is 25.3 Å². The molecule has 0 amide bonds. The van der Waals surface area contributed by atoms with Crippen LogP contribution in [0.2, 0.25) is 0 Å². The first-order valence-electron chi connectivity index (χ1n) is 8.96. The van der Waals surface area contributed by atoms with E-state index in [1.54, 1.807) is 7.11 Å². The molecule has 144 valence electrons. The number of ether oxygens (including phenoxy) is 1. The third kappa shape index (κ3) is 8.37. The molecule has 1 aromatic heterocycles. The molecule has 0 saturated carbocycles. The minimum atomic E-state index is 0. The topological polar surface area (TPSA) is 66.7 Å². The molecule has 7 nitrogen and oxygen atoms in total. The van der Waals surface area contributed by atoms with Gasteiger partial charge < -0.3 is 20.3 Å². The minimum absolute atomic E-state index is 0. The Morgan fingerprint density at radius 2 is 2.12 bits per heavy atom. The monoisotopic (exact) mass is 464 g/mol. The number of likely N-dealkylation sites (tertiary alicyclic amines) is 1. The SMILES string of the molecule is CCNC(=NCCn1cc(C)cn1)NC1CCN(CCOC)CC1.I. The Bertz CT molecular complexity index is 499. The first kappa shape index (κ1) is 22.2. The predicted molar refractivity (Wildman–Crippen MR) is 113 cm³/mol. The van der Waals surface area contributed by atoms with Gasteiger partial charge in [-0.15, -0.1) is 24.0 Å². The Kier molecular flexibility index (Phi) is 11.1. The first-order valence-corrected chi connectivity index (χ1v) is 8.96. The number of guanidine groups is 1. The second-order valence-corrected chi connectivity index (χ2v) is 6.29. The second kappa shape index (κ2) is 12.5. The quantitative estimate of drug-likeness (QED) is 0.347. The highest BCUT2D eigenvalue weighted by atomic mass is 127. The fourth-order valence-corrected chi connectivity index (χ4v) is 2.89. The Hall–Kier alpha value is -0.870. The Balaban J connectivity index is 0.00000312. The number of nitrogens with zero attached hydrogens (tertiary/aromatic N) is 4. The number of aromatic nitrogens is 2. The summed E-state index contributed by atoms with van der Waals surface area (Å²) >= 11 is 0. The van der Waals surface area contributed by atoms with Crippen molar-refractivity contribution in [3.8, 4) is 0 Å². The highest BCUT2D eigenvalue weighted by molar-refractivity contribution is 14.0. The molecule has 1 aliphatic heterocycles. The minimum Gasteiger partial charge on any atom is -0.383 e. The van der Waals surface area contributed by atoms with Crippen LogP contribution in [0.25, 0.3) is 0 Å². The van der Waals surface area contributed by atoms with Crippen LogP contribution in [0, 0.1) is 6.92 Å². The number of piperidine rings is 1. The lowest BCUT2D eigenvalue weighted by atomic mass is 10.1. The summed E-state index contributed by atoms with van der Waals surface area (Å²) < 4.78 is 7.10. The van der Waals surface area contributed by atoms with Gasteiger partial charge in [0.15, 0.2) is 5.96 Å². The molecule has 8 heteroatoms. The molecule has 2 heterocycles. The third-order valence-electron chi connectivity index (χ3n) is 4.25. The maximum Gasteiger partial charge on any atom is 0.191 e. The van der Waals surface area contributed by atoms with Crippen molar-refractivity contribution in [3.05, 3.63) is 18.0 Å². The normalized spacial score (nSPS) is 16.5. The average molecular weight is 464 g/mol. The van der Waals surface area contributed by atoms with Crippen LogP contribution in [-0.4, -0.2) is 73.1 Å². The number of aliphatic imine (C=N–C) groups is 1. The molecule has 0 bridgehead atoms. The Labute approximate surface area is 168 Å². The molecule has 0 aliphatic carbocycles. The van der Waals surface area contributed by atoms with Crippen LogP contribution in [0.5, 0.6) is 0 Å². The molecule has 0 aromatic carbocycles. The maximum absolute atomic E-state index is 5.16. The van der Waals surface area contributed by atoms with E-state index >= 15 is 0 Å². The number of methoxy groups -OCH3 is 1. The van der Waals surface area contributed by atoms with Gasteiger partial charge in [0, 0.05) is 45.5 Å². The molecule has 25 heavy (non-hydrogen) atoms. The van der Waals surface area contributed by atoms with Crippen LogP contribution in [-0.2, 0) is 11.3 Å². The summed E-state index contributed by atoms with van der Waals surface area (Å²) in [6, 6.07) is 0.494. The van der Waals surface area contributed by atoms with Gasteiger partial charge in [0.05, 0.1) is 25.9 Å². The molecule has 2 N–H and O–H groups in total. The summed E-state index contributed by atoms with van der Waals surface area (Å²) in [6.07, 6.45) is 6.22. The molecule has 0 unspecified atom stereocenters. The van der Waals surface area contributed by atoms with Crippen molar-refractivity contribution in [1.29, 1.82) is 0 Å². The molecule has 1 saturated heterocycles. The highest BCUT2D eigenvalue weighted by Gasteiger charge is 2.19. The molecule has 1 fully saturated rings. The van der Waals surface area contributed by atoms with Crippen LogP contribution in [0.4, 0.5) is 0 Å². The molecule has 2 rings (SSSR count). The summed E-state index contributed by atoms with van der Waals surface area (Å²) in [4.78, 5) is 7.14. The van der Waals surface area contributed by atoms with Gasteiger partial charge in [0.2, 0.25) is 0 Å². The largest absolute Gasteiger partial charge is 0.383 e. The van der Waals surface area contributed by atoms with Gasteiger partial charge in [-0.3, -0.25) is 9.67 Å². The van der Waals surface area contributed by atoms with Crippen LogP contribution in [0.15, 0.2) is 17.4 Å². The molecule has 1 aromatic rings. The first-order chi connectivity index (χ1) is 11.7. The summed E-state index contributed by atoms with van der Waals surface area (Å²) in [5, 5.41) is 11.2. The van der Waals surface area contributed by atoms with Crippen molar-refractivity contribution in [2.75, 3.05) is 46.4 Å². The van der Waals surface area contributed by atoms with E-state index in [4.69, 9.17) is 4.74 Å². The third-order valence-corrected chi connectivity index (χ3v) is 4.25. The smallest absolute Gasteiger partial charge is 0.191 e. The van der Waals surface area contributed by atoms with Gasteiger partial charge in [-0.25, -0.2) is 0 Å². The van der Waals surface area contributed by atoms with Gasteiger partial charge in [0.25, 0.3) is 0 Å². The molecule has 0 radical (unpaired) electrons. The van der Waals surface area contributed by atoms with Crippen LogP contribution in [0.3, 0.4) is 0 Å². The van der Waals surface area contributed by atoms with Gasteiger partial charge >= 0.3 is 0 Å². The average Bonchev–Trinajstić information content (AvgIpc) is 3.00. The number of rotatable bonds is 8. The molecule has 1 aliphatic rings. The van der Waals surface area contributed by atoms with E-state index in [2.05, 4.69) is 39.5 Å². The van der Waals surface area contributed by atoms with E-state index in [0.29, 0.717) is 6.04 Å². The fourth-order valence-electron chi connectivity index (χ4n) is 2.89. The number of hydrogen-bond acceptors (Lipinski definition) is 4. The lowest BCUT2D eigenvalue weighted by Gasteiger charge is -2.32. The van der Waals surface area contributed by atoms with Crippen LogP contribution < -0.4 is 10.6 Å². The summed E-state index contributed by atoms with van der Waals surface area (Å²) in [5.74, 6) is 0.914. The van der Waals surface area contributed by atoms with Crippen LogP contribution >= 0.6 is 24.0 Å². The van der Waals surface area contributed by atoms with E-state index in [-0.39, 0.29) is 24.0 Å². The number of halogens is 1. The van der Waals surface area contributed by atoms with Crippen molar-refractivity contribution in [2.45, 2.75) is 39.3 Å². The fraction of sp³-hybridized carbons (Fsp3) is 0.765. The molecule has 0 atom stereocenters. The zero-order chi connectivity index (χ0) is 17.2. The van der Waals surface area contributed by atoms with Crippen molar-refractivity contribution in [3.63, 3.8) is 0 Å². The van der Waals surface area contributed by atoms with E-state index in [0.717, 1.165) is 64.7 Å². The van der Waals surface area contributed by atoms with Gasteiger partial charge in [-0.1, -0.05) is 0 Å². The predicted octanol–water partition coefficient (Wildman–Crippen LogP) is 1.48. The Morgan fingerprint density at radius 1 is 1.36 bits per heavy atom. The van der Waals surface area contributed by atoms with E-state index in [1.807, 2.05) is 17.1 Å². The second-order valence-electron chi connectivity index (χ2n) is 6.29. The van der Waals surface area contributed by atoms with E-state index in [9.17, 15) is 0 Å². The molecule has 0 spiro atoms. The summed E-state index contributed by atoms with van der Waals surface area (Å²) in [6.45, 7) is 10.6. The van der Waals surface area contributed by atoms with Gasteiger partial charge in [-0.2, -0.15) is 5.10 Å². The molecular formula is C17H33IN6O. The zero-order valence-corrected chi connectivity index (χ0v) is 18.0. The summed E-state index contributed by atoms with van der Waals surface area (Å²) in [7, 11) is 1.76. The maximum atomic E-state index is 5.16. The lowest BCUT2D eigenvalue weighted by molar-refractivity contribution is 0.128. The van der Waals surface area contributed by atoms with Crippen molar-refractivity contribution < 1.29 is 4.74 Å². The van der Waals surface area contributed by atoms with E-state index < -0.39 is 0 Å². The highest BCUT2D eigenvalue weighted by Crippen LogP contribution is 2.09. The molecular weight excluding hydrogens is 431 g/mol. The Morgan fingerprint density at radius 3 is 2.72 bits per heavy atom. The van der Waals surface area contributed by atoms with E-state index in [1.165, 1.54) is 5.56 Å². The van der Waals surface area contributed by atoms with Gasteiger partial charge in [-0.05, 0) is 32.3 Å². The lowest BCUT2D eigenvalue weighted by Crippen LogP contribution is -2.49. The number of aryl methyl sites for hydroxylation is 1. The summed E-state index contributed by atoms with van der Waals surface area (Å²) in [5.41, 5.74) is 1.18. The van der Waals surface area contributed by atoms with Crippen molar-refractivity contribution in [2.24, 2.45) is 4.99 Å². The standard InChI is InChI=1S/C17H32N6O.HI/c1-4-18-17(19-7-10-23-14-15(2)13-20-23)21-16-5-8-22(9-6-16)11-12-24-3;/h13-14,16H,4-12H2,1-3H3,(H2,18,19,21);1H. The van der Waals surface area contributed by atoms with Crippen LogP contribution in [0.1, 0.15) is 25.3 Å². The zero-order valence-electron chi connectivity index (χ0n) is 15.7. The van der Waals surface area contributed by atoms with Crippen molar-refractivity contribution >= 4 is 29.9 Å². The number of hydrogen-bond donors (Lipinski definition) is 2. The number of nitrogens with one attached hydrogen (secondary N) is 2. The van der Waals surface area contributed by atoms with Gasteiger partial charge in [0.1, 0.15) is 0 Å².